The van der Waals surface area contributed by atoms with Crippen molar-refractivity contribution >= 4 is 6.09 Å². The van der Waals surface area contributed by atoms with Gasteiger partial charge < -0.3 is 10.0 Å². The van der Waals surface area contributed by atoms with Gasteiger partial charge in [-0.25, -0.2) is 4.79 Å². The maximum Gasteiger partial charge on any atom is 0.408 e. The number of nitrogens with zero attached hydrogens (tertiary/aromatic N) is 2. The van der Waals surface area contributed by atoms with Crippen LogP contribution in [0.15, 0.2) is 0 Å². The minimum Gasteiger partial charge on any atom is -0.465 e. The van der Waals surface area contributed by atoms with E-state index in [1.165, 1.54) is 19.3 Å². The number of rotatable bonds is 5. The molecule has 0 aromatic heterocycles. The van der Waals surface area contributed by atoms with Crippen molar-refractivity contribution in [2.24, 2.45) is 5.92 Å². The van der Waals surface area contributed by atoms with E-state index < -0.39 is 6.09 Å². The average molecular weight is 284 g/mol. The lowest BCUT2D eigenvalue weighted by molar-refractivity contribution is 0.0438. The van der Waals surface area contributed by atoms with Crippen molar-refractivity contribution in [2.75, 3.05) is 19.6 Å². The fourth-order valence-corrected chi connectivity index (χ4v) is 3.24. The zero-order valence-electron chi connectivity index (χ0n) is 13.9. The summed E-state index contributed by atoms with van der Waals surface area (Å²) in [7, 11) is 0. The predicted octanol–water partition coefficient (Wildman–Crippen LogP) is 3.67. The Morgan fingerprint density at radius 3 is 2.15 bits per heavy atom. The van der Waals surface area contributed by atoms with Crippen molar-refractivity contribution in [3.63, 3.8) is 0 Å². The summed E-state index contributed by atoms with van der Waals surface area (Å²) in [5, 5.41) is 9.63. The highest BCUT2D eigenvalue weighted by molar-refractivity contribution is 5.66. The molecule has 1 N–H and O–H groups in total. The van der Waals surface area contributed by atoms with E-state index in [2.05, 4.69) is 18.7 Å². The number of piperidine rings is 1. The van der Waals surface area contributed by atoms with Crippen molar-refractivity contribution in [2.45, 2.75) is 71.9 Å². The van der Waals surface area contributed by atoms with E-state index in [0.717, 1.165) is 26.1 Å². The van der Waals surface area contributed by atoms with Crippen LogP contribution in [0, 0.1) is 5.92 Å². The van der Waals surface area contributed by atoms with Gasteiger partial charge in [0.15, 0.2) is 0 Å². The van der Waals surface area contributed by atoms with Crippen molar-refractivity contribution < 1.29 is 9.90 Å². The first-order valence-corrected chi connectivity index (χ1v) is 7.96. The smallest absolute Gasteiger partial charge is 0.408 e. The lowest BCUT2D eigenvalue weighted by Crippen LogP contribution is -2.55. The quantitative estimate of drug-likeness (QED) is 0.837. The molecule has 118 valence electrons. The first-order chi connectivity index (χ1) is 9.21. The molecule has 0 radical (unpaired) electrons. The number of likely N-dealkylation sites (tertiary alicyclic amines) is 1. The van der Waals surface area contributed by atoms with E-state index in [1.807, 2.05) is 20.8 Å². The van der Waals surface area contributed by atoms with Gasteiger partial charge in [0, 0.05) is 18.1 Å². The second-order valence-corrected chi connectivity index (χ2v) is 7.47. The summed E-state index contributed by atoms with van der Waals surface area (Å²) < 4.78 is 0. The minimum atomic E-state index is -0.792. The van der Waals surface area contributed by atoms with Crippen LogP contribution in [-0.2, 0) is 0 Å². The summed E-state index contributed by atoms with van der Waals surface area (Å²) in [6.07, 6.45) is 3.95. The molecular weight excluding hydrogens is 252 g/mol. The fraction of sp³-hybridized carbons (Fsp3) is 0.938. The van der Waals surface area contributed by atoms with Crippen molar-refractivity contribution in [3.05, 3.63) is 0 Å². The Morgan fingerprint density at radius 2 is 1.75 bits per heavy atom. The molecule has 1 saturated heterocycles. The highest BCUT2D eigenvalue weighted by Gasteiger charge is 2.34. The van der Waals surface area contributed by atoms with E-state index in [1.54, 1.807) is 4.90 Å². The largest absolute Gasteiger partial charge is 0.465 e. The van der Waals surface area contributed by atoms with Crippen LogP contribution in [0.5, 0.6) is 0 Å². The van der Waals surface area contributed by atoms with Gasteiger partial charge >= 0.3 is 6.09 Å². The SMILES string of the molecule is CC(C)C[C@@H](CN1CCCCC1)N(C(=O)O)C(C)(C)C. The third kappa shape index (κ3) is 5.31. The number of hydrogen-bond donors (Lipinski definition) is 1. The summed E-state index contributed by atoms with van der Waals surface area (Å²) >= 11 is 0. The van der Waals surface area contributed by atoms with E-state index in [-0.39, 0.29) is 11.6 Å². The maximum atomic E-state index is 11.7. The second-order valence-electron chi connectivity index (χ2n) is 7.47. The van der Waals surface area contributed by atoms with E-state index in [9.17, 15) is 9.90 Å². The lowest BCUT2D eigenvalue weighted by Gasteiger charge is -2.43. The molecule has 1 rings (SSSR count). The predicted molar refractivity (Wildman–Crippen MR) is 83.2 cm³/mol. The molecule has 1 fully saturated rings. The standard InChI is InChI=1S/C16H32N2O2/c1-13(2)11-14(12-17-9-7-6-8-10-17)18(15(19)20)16(3,4)5/h13-14H,6-12H2,1-5H3,(H,19,20)/t14-/m0/s1. The Morgan fingerprint density at radius 1 is 1.20 bits per heavy atom. The van der Waals surface area contributed by atoms with Crippen LogP contribution in [0.2, 0.25) is 0 Å². The lowest BCUT2D eigenvalue weighted by atomic mass is 9.96. The molecular formula is C16H32N2O2. The van der Waals surface area contributed by atoms with Crippen LogP contribution >= 0.6 is 0 Å². The van der Waals surface area contributed by atoms with Crippen LogP contribution in [0.25, 0.3) is 0 Å². The third-order valence-corrected chi connectivity index (χ3v) is 3.96. The van der Waals surface area contributed by atoms with Crippen molar-refractivity contribution in [1.29, 1.82) is 0 Å². The van der Waals surface area contributed by atoms with E-state index in [0.29, 0.717) is 5.92 Å². The molecule has 0 unspecified atom stereocenters. The first kappa shape index (κ1) is 17.3. The molecule has 1 heterocycles. The molecule has 1 atom stereocenters. The molecule has 0 spiro atoms. The van der Waals surface area contributed by atoms with Crippen LogP contribution < -0.4 is 0 Å². The van der Waals surface area contributed by atoms with Crippen LogP contribution in [-0.4, -0.2) is 52.2 Å². The minimum absolute atomic E-state index is 0.0885. The van der Waals surface area contributed by atoms with Gasteiger partial charge in [-0.3, -0.25) is 4.90 Å². The average Bonchev–Trinajstić information content (AvgIpc) is 2.26. The van der Waals surface area contributed by atoms with Gasteiger partial charge in [0.1, 0.15) is 0 Å². The second kappa shape index (κ2) is 7.30. The molecule has 20 heavy (non-hydrogen) atoms. The normalized spacial score (nSPS) is 19.1. The molecule has 0 aliphatic carbocycles. The van der Waals surface area contributed by atoms with Crippen LogP contribution in [0.1, 0.15) is 60.3 Å². The topological polar surface area (TPSA) is 43.8 Å². The molecule has 0 aromatic carbocycles. The summed E-state index contributed by atoms with van der Waals surface area (Å²) in [4.78, 5) is 15.8. The zero-order valence-corrected chi connectivity index (χ0v) is 13.9. The van der Waals surface area contributed by atoms with Gasteiger partial charge in [-0.1, -0.05) is 20.3 Å². The molecule has 4 heteroatoms. The zero-order chi connectivity index (χ0) is 15.3. The number of carboxylic acid groups (broad SMARTS) is 1. The molecule has 0 aromatic rings. The highest BCUT2D eigenvalue weighted by atomic mass is 16.4. The molecule has 1 aliphatic heterocycles. The van der Waals surface area contributed by atoms with E-state index in [4.69, 9.17) is 0 Å². The van der Waals surface area contributed by atoms with E-state index >= 15 is 0 Å². The van der Waals surface area contributed by atoms with Crippen molar-refractivity contribution in [1.82, 2.24) is 9.80 Å². The van der Waals surface area contributed by atoms with Gasteiger partial charge in [0.25, 0.3) is 0 Å². The maximum absolute atomic E-state index is 11.7. The molecule has 1 aliphatic rings. The Balaban J connectivity index is 2.82. The molecule has 0 saturated carbocycles. The molecule has 4 nitrogen and oxygen atoms in total. The Bertz CT molecular complexity index is 304. The van der Waals surface area contributed by atoms with Crippen molar-refractivity contribution in [3.8, 4) is 0 Å². The van der Waals surface area contributed by atoms with Gasteiger partial charge in [-0.2, -0.15) is 0 Å². The number of carbonyl (C=O) groups is 1. The summed E-state index contributed by atoms with van der Waals surface area (Å²) in [6, 6.07) is 0.0885. The Labute approximate surface area is 124 Å². The van der Waals surface area contributed by atoms with Gasteiger partial charge in [-0.05, 0) is 59.0 Å². The highest BCUT2D eigenvalue weighted by Crippen LogP contribution is 2.23. The monoisotopic (exact) mass is 284 g/mol. The summed E-state index contributed by atoms with van der Waals surface area (Å²) in [6.45, 7) is 13.4. The first-order valence-electron chi connectivity index (χ1n) is 7.96. The molecule has 1 amide bonds. The fourth-order valence-electron chi connectivity index (χ4n) is 3.24. The number of hydrogen-bond acceptors (Lipinski definition) is 2. The Hall–Kier alpha value is -0.770. The summed E-state index contributed by atoms with van der Waals surface area (Å²) in [5.74, 6) is 0.508. The van der Waals surface area contributed by atoms with Crippen LogP contribution in [0.4, 0.5) is 4.79 Å². The third-order valence-electron chi connectivity index (χ3n) is 3.96. The van der Waals surface area contributed by atoms with Crippen LogP contribution in [0.3, 0.4) is 0 Å². The van der Waals surface area contributed by atoms with Gasteiger partial charge in [0.05, 0.1) is 0 Å². The van der Waals surface area contributed by atoms with Gasteiger partial charge in [0.2, 0.25) is 0 Å². The van der Waals surface area contributed by atoms with Gasteiger partial charge in [-0.15, -0.1) is 0 Å². The molecule has 0 bridgehead atoms. The summed E-state index contributed by atoms with van der Waals surface area (Å²) in [5.41, 5.74) is -0.346. The number of amides is 1. The Kier molecular flexibility index (Phi) is 6.31.